The molecule has 0 saturated carbocycles. The highest BCUT2D eigenvalue weighted by atomic mass is 16.8. The number of ether oxygens (including phenoxy) is 6. The van der Waals surface area contributed by atoms with E-state index >= 15 is 0 Å². The quantitative estimate of drug-likeness (QED) is 0.0338. The summed E-state index contributed by atoms with van der Waals surface area (Å²) in [4.78, 5) is 13.1. The van der Waals surface area contributed by atoms with Gasteiger partial charge in [-0.25, -0.2) is 0 Å². The van der Waals surface area contributed by atoms with Crippen LogP contribution in [0.5, 0.6) is 0 Å². The zero-order chi connectivity index (χ0) is 48.4. The first kappa shape index (κ1) is 57.8. The Morgan fingerprint density at radius 2 is 0.985 bits per heavy atom. The van der Waals surface area contributed by atoms with Crippen LogP contribution in [-0.2, 0) is 33.2 Å². The van der Waals surface area contributed by atoms with Crippen molar-refractivity contribution in [1.29, 1.82) is 0 Å². The number of allylic oxidation sites excluding steroid dienone is 9. The van der Waals surface area contributed by atoms with Gasteiger partial charge < -0.3 is 89.9 Å². The van der Waals surface area contributed by atoms with Crippen molar-refractivity contribution in [3.63, 3.8) is 0 Å². The number of nitrogens with one attached hydrogen (secondary N) is 1. The van der Waals surface area contributed by atoms with Gasteiger partial charge in [0.25, 0.3) is 0 Å². The molecule has 3 saturated heterocycles. The summed E-state index contributed by atoms with van der Waals surface area (Å²) in [5.41, 5.74) is 0. The third kappa shape index (κ3) is 18.8. The molecule has 1 amide bonds. The normalized spacial score (nSPS) is 34.3. The van der Waals surface area contributed by atoms with Gasteiger partial charge >= 0.3 is 0 Å². The highest BCUT2D eigenvalue weighted by Gasteiger charge is 2.53. The number of unbranched alkanes of at least 4 members (excludes halogenated alkanes) is 5. The van der Waals surface area contributed by atoms with Crippen LogP contribution in [0, 0.1) is 0 Å². The van der Waals surface area contributed by atoms with Crippen molar-refractivity contribution in [3.05, 3.63) is 60.8 Å². The molecule has 0 aromatic heterocycles. The lowest BCUT2D eigenvalue weighted by atomic mass is 9.96. The Morgan fingerprint density at radius 1 is 0.545 bits per heavy atom. The number of aliphatic hydroxyl groups excluding tert-OH is 11. The highest BCUT2D eigenvalue weighted by molar-refractivity contribution is 5.77. The van der Waals surface area contributed by atoms with E-state index in [4.69, 9.17) is 28.4 Å². The van der Waals surface area contributed by atoms with Crippen molar-refractivity contribution in [2.24, 2.45) is 0 Å². The molecule has 3 fully saturated rings. The molecular formula is C47H79NO18. The van der Waals surface area contributed by atoms with E-state index in [0.29, 0.717) is 19.3 Å². The Hall–Kier alpha value is -2.51. The fraction of sp³-hybridized carbons (Fsp3) is 0.766. The standard InChI is InChI=1S/C47H79NO18/c1-3-5-7-9-11-12-13-14-15-16-17-18-19-21-23-25-35(53)48-30(31(52)24-22-20-10-8-6-4-2)29-61-45-41(59)38(56)43(33(27-50)63-45)66-47-42(60)39(57)44(34(28-51)64-47)65-46-40(58)37(55)36(54)32(26-49)62-46/h5,7,11-12,14-15,17-18,21,23,30-34,36-47,49-52,54-60H,3-4,6,8-10,13,16,19-20,22,24-29H2,1-2H3,(H,48,53)/b7-5-,12-11-,15-14-,18-17-,23-21-. The molecule has 19 heteroatoms. The Balaban J connectivity index is 1.58. The van der Waals surface area contributed by atoms with Crippen LogP contribution >= 0.6 is 0 Å². The summed E-state index contributed by atoms with van der Waals surface area (Å²) in [6.45, 7) is 1.45. The zero-order valence-corrected chi connectivity index (χ0v) is 38.4. The average molecular weight is 946 g/mol. The van der Waals surface area contributed by atoms with E-state index < -0.39 is 124 Å². The van der Waals surface area contributed by atoms with Gasteiger partial charge in [-0.2, -0.15) is 0 Å². The van der Waals surface area contributed by atoms with Gasteiger partial charge in [0.05, 0.1) is 38.6 Å². The largest absolute Gasteiger partial charge is 0.394 e. The van der Waals surface area contributed by atoms with E-state index in [1.807, 2.05) is 18.2 Å². The summed E-state index contributed by atoms with van der Waals surface area (Å²) < 4.78 is 33.9. The molecular weight excluding hydrogens is 867 g/mol. The van der Waals surface area contributed by atoms with E-state index in [-0.39, 0.29) is 18.9 Å². The van der Waals surface area contributed by atoms with Crippen LogP contribution in [0.2, 0.25) is 0 Å². The van der Waals surface area contributed by atoms with Crippen LogP contribution in [-0.4, -0.2) is 193 Å². The van der Waals surface area contributed by atoms with Gasteiger partial charge in [0.2, 0.25) is 5.91 Å². The van der Waals surface area contributed by atoms with Crippen molar-refractivity contribution in [1.82, 2.24) is 5.32 Å². The maximum absolute atomic E-state index is 13.1. The molecule has 3 aliphatic rings. The Labute approximate surface area is 388 Å². The molecule has 380 valence electrons. The van der Waals surface area contributed by atoms with Crippen molar-refractivity contribution in [2.75, 3.05) is 26.4 Å². The second-order valence-corrected chi connectivity index (χ2v) is 16.9. The van der Waals surface area contributed by atoms with Crippen LogP contribution in [0.15, 0.2) is 60.8 Å². The lowest BCUT2D eigenvalue weighted by Gasteiger charge is -2.48. The van der Waals surface area contributed by atoms with Gasteiger partial charge in [-0.05, 0) is 38.5 Å². The molecule has 66 heavy (non-hydrogen) atoms. The molecule has 3 aliphatic heterocycles. The van der Waals surface area contributed by atoms with Gasteiger partial charge in [-0.15, -0.1) is 0 Å². The highest BCUT2D eigenvalue weighted by Crippen LogP contribution is 2.33. The number of amides is 1. The second-order valence-electron chi connectivity index (χ2n) is 16.9. The number of aliphatic hydroxyl groups is 11. The summed E-state index contributed by atoms with van der Waals surface area (Å²) in [6, 6.07) is -0.939. The molecule has 17 unspecified atom stereocenters. The van der Waals surface area contributed by atoms with Gasteiger partial charge in [0, 0.05) is 6.42 Å². The smallest absolute Gasteiger partial charge is 0.224 e. The van der Waals surface area contributed by atoms with Crippen molar-refractivity contribution >= 4 is 5.91 Å². The molecule has 0 spiro atoms. The van der Waals surface area contributed by atoms with Gasteiger partial charge in [0.15, 0.2) is 18.9 Å². The fourth-order valence-electron chi connectivity index (χ4n) is 7.67. The number of hydrogen-bond acceptors (Lipinski definition) is 18. The van der Waals surface area contributed by atoms with Gasteiger partial charge in [0.1, 0.15) is 73.2 Å². The van der Waals surface area contributed by atoms with Gasteiger partial charge in [-0.3, -0.25) is 4.79 Å². The zero-order valence-electron chi connectivity index (χ0n) is 38.4. The third-order valence-corrected chi connectivity index (χ3v) is 11.6. The Kier molecular flexibility index (Phi) is 28.3. The first-order valence-electron chi connectivity index (χ1n) is 23.5. The molecule has 0 aromatic rings. The number of carbonyl (C=O) groups is 1. The molecule has 3 rings (SSSR count). The minimum atomic E-state index is -1.98. The maximum Gasteiger partial charge on any atom is 0.224 e. The molecule has 0 aliphatic carbocycles. The van der Waals surface area contributed by atoms with Crippen LogP contribution in [0.4, 0.5) is 0 Å². The maximum atomic E-state index is 13.1. The molecule has 0 aromatic carbocycles. The predicted molar refractivity (Wildman–Crippen MR) is 240 cm³/mol. The molecule has 12 N–H and O–H groups in total. The summed E-state index contributed by atoms with van der Waals surface area (Å²) in [7, 11) is 0. The van der Waals surface area contributed by atoms with E-state index in [2.05, 4.69) is 55.6 Å². The predicted octanol–water partition coefficient (Wildman–Crippen LogP) is 0.189. The van der Waals surface area contributed by atoms with E-state index in [1.54, 1.807) is 6.08 Å². The molecule has 0 bridgehead atoms. The Bertz CT molecular complexity index is 1460. The lowest BCUT2D eigenvalue weighted by molar-refractivity contribution is -0.379. The molecule has 19 nitrogen and oxygen atoms in total. The third-order valence-electron chi connectivity index (χ3n) is 11.6. The van der Waals surface area contributed by atoms with Crippen LogP contribution in [0.3, 0.4) is 0 Å². The molecule has 3 heterocycles. The van der Waals surface area contributed by atoms with E-state index in [0.717, 1.165) is 57.8 Å². The van der Waals surface area contributed by atoms with Crippen molar-refractivity contribution < 1.29 is 89.4 Å². The molecule has 0 radical (unpaired) electrons. The summed E-state index contributed by atoms with van der Waals surface area (Å²) in [5.74, 6) is -0.380. The van der Waals surface area contributed by atoms with E-state index in [1.165, 1.54) is 0 Å². The summed E-state index contributed by atoms with van der Waals surface area (Å²) in [5, 5.41) is 119. The minimum absolute atomic E-state index is 0.0299. The Morgan fingerprint density at radius 3 is 1.50 bits per heavy atom. The van der Waals surface area contributed by atoms with Crippen LogP contribution in [0.1, 0.15) is 97.3 Å². The van der Waals surface area contributed by atoms with E-state index in [9.17, 15) is 61.0 Å². The van der Waals surface area contributed by atoms with Crippen molar-refractivity contribution in [3.8, 4) is 0 Å². The lowest BCUT2D eigenvalue weighted by Crippen LogP contribution is -2.66. The van der Waals surface area contributed by atoms with Crippen molar-refractivity contribution in [2.45, 2.75) is 202 Å². The minimum Gasteiger partial charge on any atom is -0.394 e. The van der Waals surface area contributed by atoms with Crippen LogP contribution < -0.4 is 5.32 Å². The topological polar surface area (TPSA) is 307 Å². The number of carbonyl (C=O) groups excluding carboxylic acids is 1. The number of rotatable bonds is 30. The van der Waals surface area contributed by atoms with Gasteiger partial charge in [-0.1, -0.05) is 113 Å². The average Bonchev–Trinajstić information content (AvgIpc) is 3.31. The SMILES string of the molecule is CC/C=C\C/C=C\C/C=C\C/C=C\C/C=C\CC(=O)NC(COC1OC(CO)C(OC2OC(CO)C(OC3OC(CO)C(O)C(O)C3O)C(O)C2O)C(O)C1O)C(O)CCCCCCCC. The molecule has 17 atom stereocenters. The summed E-state index contributed by atoms with van der Waals surface area (Å²) in [6.07, 6.45) is 4.21. The van der Waals surface area contributed by atoms with Crippen LogP contribution in [0.25, 0.3) is 0 Å². The fourth-order valence-corrected chi connectivity index (χ4v) is 7.67. The first-order chi connectivity index (χ1) is 31.8. The summed E-state index contributed by atoms with van der Waals surface area (Å²) >= 11 is 0. The number of hydrogen-bond donors (Lipinski definition) is 12. The monoisotopic (exact) mass is 946 g/mol. The first-order valence-corrected chi connectivity index (χ1v) is 23.5. The second kappa shape index (κ2) is 32.3.